The molecule has 5 rings (SSSR count). The summed E-state index contributed by atoms with van der Waals surface area (Å²) in [5, 5.41) is 4.74. The summed E-state index contributed by atoms with van der Waals surface area (Å²) in [5.41, 5.74) is 2.99. The second-order valence-electron chi connectivity index (χ2n) is 7.44. The summed E-state index contributed by atoms with van der Waals surface area (Å²) in [7, 11) is 0. The van der Waals surface area contributed by atoms with Crippen LogP contribution in [-0.4, -0.2) is 51.8 Å². The van der Waals surface area contributed by atoms with Crippen molar-refractivity contribution in [2.24, 2.45) is 0 Å². The van der Waals surface area contributed by atoms with Crippen LogP contribution in [0.5, 0.6) is 0 Å². The van der Waals surface area contributed by atoms with E-state index in [2.05, 4.69) is 20.9 Å². The van der Waals surface area contributed by atoms with E-state index in [0.717, 1.165) is 30.2 Å². The van der Waals surface area contributed by atoms with Crippen LogP contribution in [0.1, 0.15) is 10.4 Å². The van der Waals surface area contributed by atoms with E-state index in [1.807, 2.05) is 71.9 Å². The van der Waals surface area contributed by atoms with Crippen molar-refractivity contribution in [3.63, 3.8) is 0 Å². The molecule has 0 bridgehead atoms. The monoisotopic (exact) mass is 411 g/mol. The van der Waals surface area contributed by atoms with Gasteiger partial charge in [-0.05, 0) is 30.3 Å². The van der Waals surface area contributed by atoms with E-state index in [0.29, 0.717) is 24.3 Å². The van der Waals surface area contributed by atoms with Crippen molar-refractivity contribution in [3.8, 4) is 16.9 Å². The van der Waals surface area contributed by atoms with Gasteiger partial charge in [0, 0.05) is 30.2 Å². The van der Waals surface area contributed by atoms with Crippen LogP contribution in [0.25, 0.3) is 16.9 Å². The van der Waals surface area contributed by atoms with Crippen molar-refractivity contribution in [3.05, 3.63) is 91.0 Å². The van der Waals surface area contributed by atoms with Crippen LogP contribution >= 0.6 is 0 Å². The molecular weight excluding hydrogens is 388 g/mol. The van der Waals surface area contributed by atoms with Gasteiger partial charge in [-0.25, -0.2) is 9.67 Å². The molecule has 0 saturated carbocycles. The van der Waals surface area contributed by atoms with Crippen molar-refractivity contribution in [1.82, 2.24) is 19.7 Å². The van der Waals surface area contributed by atoms with Gasteiger partial charge in [0.25, 0.3) is 11.7 Å². The van der Waals surface area contributed by atoms with E-state index in [4.69, 9.17) is 5.10 Å². The number of hydrogen-bond donors (Lipinski definition) is 0. The lowest BCUT2D eigenvalue weighted by molar-refractivity contribution is -0.364. The molecule has 1 aliphatic heterocycles. The average Bonchev–Trinajstić information content (AvgIpc) is 3.31. The summed E-state index contributed by atoms with van der Waals surface area (Å²) >= 11 is 0. The third-order valence-corrected chi connectivity index (χ3v) is 5.50. The van der Waals surface area contributed by atoms with Crippen molar-refractivity contribution >= 4 is 11.7 Å². The van der Waals surface area contributed by atoms with Crippen LogP contribution in [0.2, 0.25) is 0 Å². The molecular formula is C24H23N6O+. The molecule has 7 nitrogen and oxygen atoms in total. The predicted molar refractivity (Wildman–Crippen MR) is 118 cm³/mol. The first-order valence-electron chi connectivity index (χ1n) is 10.4. The Morgan fingerprint density at radius 1 is 0.903 bits per heavy atom. The van der Waals surface area contributed by atoms with Gasteiger partial charge in [-0.3, -0.25) is 14.7 Å². The molecule has 0 atom stereocenters. The third-order valence-electron chi connectivity index (χ3n) is 5.50. The Balaban J connectivity index is 1.42. The highest BCUT2D eigenvalue weighted by Crippen LogP contribution is 2.25. The van der Waals surface area contributed by atoms with Crippen LogP contribution in [-0.2, 0) is 0 Å². The maximum Gasteiger partial charge on any atom is 0.274 e. The maximum absolute atomic E-state index is 13.5. The van der Waals surface area contributed by atoms with Gasteiger partial charge in [0.05, 0.1) is 30.5 Å². The molecule has 1 amide bonds. The molecule has 1 fully saturated rings. The van der Waals surface area contributed by atoms with Gasteiger partial charge in [0.1, 0.15) is 18.8 Å². The summed E-state index contributed by atoms with van der Waals surface area (Å²) in [6.45, 7) is 2.87. The average molecular weight is 411 g/mol. The standard InChI is InChI=1S/C24H22N6O/c31-24(29-15-13-28(14-16-29)22-10-4-5-12-26-22)21-18-30(20-8-2-1-3-9-20)27-23(21)19-7-6-11-25-17-19/h1-12,17-18H,13-16H2/p+1. The van der Waals surface area contributed by atoms with E-state index in [1.165, 1.54) is 0 Å². The highest BCUT2D eigenvalue weighted by atomic mass is 16.2. The summed E-state index contributed by atoms with van der Waals surface area (Å²) in [5.74, 6) is 1.07. The number of piperazine rings is 1. The number of nitrogens with zero attached hydrogens (tertiary/aromatic N) is 5. The molecule has 154 valence electrons. The number of aromatic amines is 1. The molecule has 31 heavy (non-hydrogen) atoms. The molecule has 4 heterocycles. The number of pyridine rings is 2. The minimum atomic E-state index is -0.00211. The number of H-pyrrole nitrogens is 1. The second-order valence-corrected chi connectivity index (χ2v) is 7.44. The van der Waals surface area contributed by atoms with Gasteiger partial charge in [-0.15, -0.1) is 0 Å². The first-order valence-corrected chi connectivity index (χ1v) is 10.4. The fourth-order valence-electron chi connectivity index (χ4n) is 3.86. The van der Waals surface area contributed by atoms with E-state index in [-0.39, 0.29) is 5.91 Å². The molecule has 0 aliphatic carbocycles. The number of nitrogens with one attached hydrogen (secondary N) is 1. The normalized spacial score (nSPS) is 13.9. The number of amides is 1. The van der Waals surface area contributed by atoms with E-state index >= 15 is 0 Å². The lowest BCUT2D eigenvalue weighted by Gasteiger charge is -2.30. The summed E-state index contributed by atoms with van der Waals surface area (Å²) < 4.78 is 1.77. The van der Waals surface area contributed by atoms with Gasteiger partial charge in [0.15, 0.2) is 0 Å². The molecule has 0 unspecified atom stereocenters. The van der Waals surface area contributed by atoms with Crippen LogP contribution in [0, 0.1) is 0 Å². The molecule has 0 spiro atoms. The topological polar surface area (TPSA) is 68.4 Å². The number of para-hydroxylation sites is 1. The molecule has 1 aromatic carbocycles. The first kappa shape index (κ1) is 19.0. The fourth-order valence-corrected chi connectivity index (χ4v) is 3.86. The fraction of sp³-hybridized carbons (Fsp3) is 0.167. The Morgan fingerprint density at radius 3 is 2.42 bits per heavy atom. The van der Waals surface area contributed by atoms with Gasteiger partial charge >= 0.3 is 0 Å². The third kappa shape index (κ3) is 3.90. The quantitative estimate of drug-likeness (QED) is 0.518. The van der Waals surface area contributed by atoms with E-state index < -0.39 is 0 Å². The van der Waals surface area contributed by atoms with Crippen LogP contribution < -0.4 is 9.88 Å². The largest absolute Gasteiger partial charge is 0.331 e. The zero-order valence-corrected chi connectivity index (χ0v) is 17.1. The zero-order valence-electron chi connectivity index (χ0n) is 17.1. The number of aromatic nitrogens is 4. The smallest absolute Gasteiger partial charge is 0.274 e. The lowest BCUT2D eigenvalue weighted by atomic mass is 10.1. The molecule has 7 heteroatoms. The van der Waals surface area contributed by atoms with Crippen LogP contribution in [0.15, 0.2) is 85.5 Å². The number of benzene rings is 1. The van der Waals surface area contributed by atoms with Gasteiger partial charge in [-0.2, -0.15) is 5.10 Å². The maximum atomic E-state index is 13.5. The molecule has 1 N–H and O–H groups in total. The van der Waals surface area contributed by atoms with Crippen molar-refractivity contribution in [2.75, 3.05) is 31.1 Å². The predicted octanol–water partition coefficient (Wildman–Crippen LogP) is 2.71. The summed E-state index contributed by atoms with van der Waals surface area (Å²) in [6, 6.07) is 19.7. The number of carbonyl (C=O) groups excluding carboxylic acids is 1. The van der Waals surface area contributed by atoms with Crippen LogP contribution in [0.4, 0.5) is 5.82 Å². The number of hydrogen-bond acceptors (Lipinski definition) is 4. The Labute approximate surface area is 180 Å². The minimum Gasteiger partial charge on any atom is -0.331 e. The SMILES string of the molecule is O=C(c1cn(-c2ccccc2)nc1-c1cccnc1)N1CCN(c2cccc[nH+]2)CC1. The Hall–Kier alpha value is -4.00. The molecule has 1 saturated heterocycles. The number of carbonyl (C=O) groups is 1. The van der Waals surface area contributed by atoms with Crippen molar-refractivity contribution in [1.29, 1.82) is 0 Å². The molecule has 4 aromatic rings. The highest BCUT2D eigenvalue weighted by molar-refractivity contribution is 6.00. The molecule has 1 aliphatic rings. The summed E-state index contributed by atoms with van der Waals surface area (Å²) in [6.07, 6.45) is 7.22. The van der Waals surface area contributed by atoms with E-state index in [1.54, 1.807) is 17.1 Å². The Morgan fingerprint density at radius 2 is 1.71 bits per heavy atom. The Bertz CT molecular complexity index is 1150. The van der Waals surface area contributed by atoms with Crippen molar-refractivity contribution in [2.45, 2.75) is 0 Å². The van der Waals surface area contributed by atoms with Gasteiger partial charge < -0.3 is 4.90 Å². The van der Waals surface area contributed by atoms with Gasteiger partial charge in [-0.1, -0.05) is 24.3 Å². The Kier molecular flexibility index (Phi) is 5.14. The number of anilines is 1. The van der Waals surface area contributed by atoms with Crippen LogP contribution in [0.3, 0.4) is 0 Å². The zero-order chi connectivity index (χ0) is 21.0. The van der Waals surface area contributed by atoms with E-state index in [9.17, 15) is 4.79 Å². The molecule has 0 radical (unpaired) electrons. The lowest BCUT2D eigenvalue weighted by Crippen LogP contribution is -2.50. The highest BCUT2D eigenvalue weighted by Gasteiger charge is 2.29. The van der Waals surface area contributed by atoms with Crippen molar-refractivity contribution < 1.29 is 9.78 Å². The summed E-state index contributed by atoms with van der Waals surface area (Å²) in [4.78, 5) is 25.2. The minimum absolute atomic E-state index is 0.00211. The first-order chi connectivity index (χ1) is 15.3. The second kappa shape index (κ2) is 8.39. The van der Waals surface area contributed by atoms with Gasteiger partial charge in [0.2, 0.25) is 0 Å². The molecule has 3 aromatic heterocycles. The number of rotatable bonds is 4.